The summed E-state index contributed by atoms with van der Waals surface area (Å²) in [5.74, 6) is 0.484. The van der Waals surface area contributed by atoms with Crippen molar-refractivity contribution in [2.24, 2.45) is 0 Å². The molecule has 1 unspecified atom stereocenters. The van der Waals surface area contributed by atoms with Crippen LogP contribution in [0.2, 0.25) is 5.02 Å². The lowest BCUT2D eigenvalue weighted by Gasteiger charge is -2.19. The number of nitrogen functional groups attached to an aromatic ring is 1. The molecule has 80 valence electrons. The van der Waals surface area contributed by atoms with Crippen LogP contribution in [0.1, 0.15) is 5.56 Å². The Morgan fingerprint density at radius 1 is 1.53 bits per heavy atom. The Morgan fingerprint density at radius 3 is 3.07 bits per heavy atom. The molecule has 2 rings (SSSR count). The normalized spacial score (nSPS) is 21.2. The number of pyridine rings is 1. The summed E-state index contributed by atoms with van der Waals surface area (Å²) >= 11 is 11.9. The van der Waals surface area contributed by atoms with E-state index in [1.54, 1.807) is 0 Å². The molecule has 0 amide bonds. The molecule has 1 atom stereocenters. The minimum absolute atomic E-state index is 0.00729. The molecule has 0 saturated heterocycles. The maximum Gasteiger partial charge on any atom is 0.131 e. The van der Waals surface area contributed by atoms with Crippen LogP contribution in [0.3, 0.4) is 0 Å². The van der Waals surface area contributed by atoms with Crippen molar-refractivity contribution in [3.05, 3.63) is 28.9 Å². The highest BCUT2D eigenvalue weighted by atomic mass is 35.5. The van der Waals surface area contributed by atoms with E-state index in [4.69, 9.17) is 28.9 Å². The topological polar surface area (TPSA) is 50.9 Å². The minimum atomic E-state index is -0.00729. The van der Waals surface area contributed by atoms with Crippen LogP contribution >= 0.6 is 23.2 Å². The van der Waals surface area contributed by atoms with Crippen molar-refractivity contribution < 1.29 is 0 Å². The van der Waals surface area contributed by atoms with Crippen LogP contribution in [-0.2, 0) is 0 Å². The van der Waals surface area contributed by atoms with Crippen molar-refractivity contribution in [2.75, 3.05) is 18.8 Å². The third-order valence-electron chi connectivity index (χ3n) is 2.27. The number of nitrogens with one attached hydrogen (secondary N) is 1. The van der Waals surface area contributed by atoms with Gasteiger partial charge in [-0.05, 0) is 11.6 Å². The van der Waals surface area contributed by atoms with Crippen molar-refractivity contribution in [2.45, 2.75) is 5.38 Å². The van der Waals surface area contributed by atoms with E-state index in [0.29, 0.717) is 10.8 Å². The summed E-state index contributed by atoms with van der Waals surface area (Å²) in [7, 11) is 0. The summed E-state index contributed by atoms with van der Waals surface area (Å²) in [6.45, 7) is 1.52. The lowest BCUT2D eigenvalue weighted by Crippen LogP contribution is -2.29. The Morgan fingerprint density at radius 2 is 2.33 bits per heavy atom. The highest BCUT2D eigenvalue weighted by molar-refractivity contribution is 6.30. The smallest absolute Gasteiger partial charge is 0.131 e. The van der Waals surface area contributed by atoms with Crippen LogP contribution in [0.15, 0.2) is 18.3 Å². The molecule has 1 aromatic rings. The molecule has 0 aliphatic carbocycles. The number of hydrogen-bond donors (Lipinski definition) is 2. The van der Waals surface area contributed by atoms with Gasteiger partial charge in [-0.3, -0.25) is 0 Å². The van der Waals surface area contributed by atoms with Crippen molar-refractivity contribution in [1.82, 2.24) is 10.3 Å². The van der Waals surface area contributed by atoms with E-state index in [2.05, 4.69) is 10.3 Å². The molecule has 15 heavy (non-hydrogen) atoms. The van der Waals surface area contributed by atoms with Crippen LogP contribution in [0.25, 0.3) is 5.57 Å². The summed E-state index contributed by atoms with van der Waals surface area (Å²) in [5.41, 5.74) is 7.70. The van der Waals surface area contributed by atoms with E-state index in [1.165, 1.54) is 6.20 Å². The minimum Gasteiger partial charge on any atom is -0.383 e. The SMILES string of the molecule is Nc1ncc(Cl)cc1C1=CC(Cl)CNC1. The average molecular weight is 244 g/mol. The standard InChI is InChI=1S/C10H11Cl2N3/c11-7-1-6(3-14-4-7)9-2-8(12)5-15-10(9)13/h1-2,5,7,14H,3-4H2,(H2,13,15). The number of alkyl halides is 1. The largest absolute Gasteiger partial charge is 0.383 e. The molecule has 3 nitrogen and oxygen atoms in total. The van der Waals surface area contributed by atoms with Gasteiger partial charge in [0, 0.05) is 24.8 Å². The van der Waals surface area contributed by atoms with Crippen molar-refractivity contribution in [1.29, 1.82) is 0 Å². The van der Waals surface area contributed by atoms with Gasteiger partial charge in [0.1, 0.15) is 5.82 Å². The first-order valence-corrected chi connectivity index (χ1v) is 5.45. The first kappa shape index (κ1) is 10.7. The molecule has 5 heteroatoms. The van der Waals surface area contributed by atoms with Crippen LogP contribution in [0.4, 0.5) is 5.82 Å². The zero-order chi connectivity index (χ0) is 10.8. The lowest BCUT2D eigenvalue weighted by molar-refractivity contribution is 0.744. The Balaban J connectivity index is 2.40. The van der Waals surface area contributed by atoms with Crippen LogP contribution in [-0.4, -0.2) is 23.5 Å². The summed E-state index contributed by atoms with van der Waals surface area (Å²) in [6.07, 6.45) is 3.52. The fraction of sp³-hybridized carbons (Fsp3) is 0.300. The Hall–Kier alpha value is -0.770. The zero-order valence-corrected chi connectivity index (χ0v) is 9.52. The molecule has 0 saturated carbocycles. The van der Waals surface area contributed by atoms with Gasteiger partial charge in [-0.1, -0.05) is 17.7 Å². The molecule has 0 aromatic carbocycles. The number of nitrogens with two attached hydrogens (primary N) is 1. The van der Waals surface area contributed by atoms with Gasteiger partial charge in [0.25, 0.3) is 0 Å². The van der Waals surface area contributed by atoms with E-state index in [0.717, 1.165) is 24.2 Å². The van der Waals surface area contributed by atoms with Gasteiger partial charge in [0.05, 0.1) is 10.4 Å². The molecule has 0 spiro atoms. The Bertz CT molecular complexity index is 404. The van der Waals surface area contributed by atoms with E-state index in [1.807, 2.05) is 12.1 Å². The lowest BCUT2D eigenvalue weighted by atomic mass is 10.0. The third-order valence-corrected chi connectivity index (χ3v) is 2.75. The van der Waals surface area contributed by atoms with Crippen molar-refractivity contribution in [3.8, 4) is 0 Å². The molecule has 1 aliphatic rings. The number of rotatable bonds is 1. The van der Waals surface area contributed by atoms with Gasteiger partial charge in [0.2, 0.25) is 0 Å². The highest BCUT2D eigenvalue weighted by Crippen LogP contribution is 2.25. The van der Waals surface area contributed by atoms with Crippen LogP contribution in [0.5, 0.6) is 0 Å². The second kappa shape index (κ2) is 4.39. The highest BCUT2D eigenvalue weighted by Gasteiger charge is 2.14. The van der Waals surface area contributed by atoms with E-state index >= 15 is 0 Å². The number of hydrogen-bond acceptors (Lipinski definition) is 3. The molecule has 1 aromatic heterocycles. The first-order valence-electron chi connectivity index (χ1n) is 4.63. The fourth-order valence-electron chi connectivity index (χ4n) is 1.57. The Labute approximate surface area is 98.3 Å². The molecular formula is C10H11Cl2N3. The van der Waals surface area contributed by atoms with Gasteiger partial charge in [-0.25, -0.2) is 4.98 Å². The predicted octanol–water partition coefficient (Wildman–Crippen LogP) is 1.91. The number of halogens is 2. The van der Waals surface area contributed by atoms with Gasteiger partial charge in [-0.15, -0.1) is 11.6 Å². The third kappa shape index (κ3) is 2.43. The van der Waals surface area contributed by atoms with Gasteiger partial charge < -0.3 is 11.1 Å². The van der Waals surface area contributed by atoms with Gasteiger partial charge in [0.15, 0.2) is 0 Å². The second-order valence-corrected chi connectivity index (χ2v) is 4.42. The quantitative estimate of drug-likeness (QED) is 0.742. The first-order chi connectivity index (χ1) is 7.16. The summed E-state index contributed by atoms with van der Waals surface area (Å²) in [4.78, 5) is 4.01. The van der Waals surface area contributed by atoms with Crippen LogP contribution in [0, 0.1) is 0 Å². The van der Waals surface area contributed by atoms with Crippen molar-refractivity contribution >= 4 is 34.6 Å². The summed E-state index contributed by atoms with van der Waals surface area (Å²) in [6, 6.07) is 1.81. The summed E-state index contributed by atoms with van der Waals surface area (Å²) in [5, 5.41) is 3.78. The van der Waals surface area contributed by atoms with E-state index in [9.17, 15) is 0 Å². The molecule has 3 N–H and O–H groups in total. The molecule has 1 aliphatic heterocycles. The molecule has 0 bridgehead atoms. The zero-order valence-electron chi connectivity index (χ0n) is 8.00. The number of anilines is 1. The van der Waals surface area contributed by atoms with E-state index < -0.39 is 0 Å². The van der Waals surface area contributed by atoms with Gasteiger partial charge >= 0.3 is 0 Å². The molecule has 0 radical (unpaired) electrons. The average Bonchev–Trinajstić information content (AvgIpc) is 2.22. The summed E-state index contributed by atoms with van der Waals surface area (Å²) < 4.78 is 0. The van der Waals surface area contributed by atoms with E-state index in [-0.39, 0.29) is 5.38 Å². The predicted molar refractivity (Wildman–Crippen MR) is 64.1 cm³/mol. The van der Waals surface area contributed by atoms with Crippen molar-refractivity contribution in [3.63, 3.8) is 0 Å². The Kier molecular flexibility index (Phi) is 3.14. The molecule has 0 fully saturated rings. The molecular weight excluding hydrogens is 233 g/mol. The van der Waals surface area contributed by atoms with Crippen LogP contribution < -0.4 is 11.1 Å². The monoisotopic (exact) mass is 243 g/mol. The second-order valence-electron chi connectivity index (χ2n) is 3.43. The fourth-order valence-corrected chi connectivity index (χ4v) is 1.99. The maximum absolute atomic E-state index is 6.02. The molecule has 2 heterocycles. The van der Waals surface area contributed by atoms with Gasteiger partial charge in [-0.2, -0.15) is 0 Å². The number of aromatic nitrogens is 1. The maximum atomic E-state index is 6.02. The number of nitrogens with zero attached hydrogens (tertiary/aromatic N) is 1.